The van der Waals surface area contributed by atoms with Crippen LogP contribution in [0.3, 0.4) is 0 Å². The summed E-state index contributed by atoms with van der Waals surface area (Å²) < 4.78 is 19.6. The number of hydrogen-bond donors (Lipinski definition) is 3. The molecule has 1 atom stereocenters. The number of halogens is 1. The fourth-order valence-corrected chi connectivity index (χ4v) is 4.18. The van der Waals surface area contributed by atoms with Crippen molar-refractivity contribution >= 4 is 23.7 Å². The summed E-state index contributed by atoms with van der Waals surface area (Å²) in [5.74, 6) is -3.15. The molecular formula is C26H23FN2O5. The molecule has 8 heteroatoms. The summed E-state index contributed by atoms with van der Waals surface area (Å²) in [4.78, 5) is 36.5. The summed E-state index contributed by atoms with van der Waals surface area (Å²) in [5.41, 5.74) is 3.47. The first kappa shape index (κ1) is 23.0. The van der Waals surface area contributed by atoms with Gasteiger partial charge in [-0.05, 0) is 40.8 Å². The SMILES string of the molecule is CCC(NC(=O)OCC1c2ccccc2-c2ccccc21)C(=O)Nc1c(F)cccc1C(=O)O. The summed E-state index contributed by atoms with van der Waals surface area (Å²) in [6, 6.07) is 18.3. The van der Waals surface area contributed by atoms with Gasteiger partial charge in [-0.1, -0.05) is 61.5 Å². The van der Waals surface area contributed by atoms with E-state index in [1.54, 1.807) is 6.92 Å². The van der Waals surface area contributed by atoms with Crippen LogP contribution in [0.2, 0.25) is 0 Å². The van der Waals surface area contributed by atoms with E-state index in [0.717, 1.165) is 28.3 Å². The zero-order valence-corrected chi connectivity index (χ0v) is 18.4. The number of carboxylic acids is 1. The molecule has 1 aliphatic rings. The first-order valence-corrected chi connectivity index (χ1v) is 10.8. The number of amides is 2. The number of fused-ring (bicyclic) bond motifs is 3. The van der Waals surface area contributed by atoms with Crippen molar-refractivity contribution < 1.29 is 28.6 Å². The van der Waals surface area contributed by atoms with Crippen molar-refractivity contribution in [3.05, 3.63) is 89.2 Å². The zero-order valence-electron chi connectivity index (χ0n) is 18.4. The maximum Gasteiger partial charge on any atom is 0.407 e. The molecule has 3 aromatic rings. The van der Waals surface area contributed by atoms with E-state index in [-0.39, 0.29) is 24.5 Å². The van der Waals surface area contributed by atoms with E-state index in [4.69, 9.17) is 4.74 Å². The van der Waals surface area contributed by atoms with Gasteiger partial charge in [-0.15, -0.1) is 0 Å². The first-order valence-electron chi connectivity index (χ1n) is 10.8. The Labute approximate surface area is 195 Å². The van der Waals surface area contributed by atoms with Crippen molar-refractivity contribution in [3.8, 4) is 11.1 Å². The number of carboxylic acid groups (broad SMARTS) is 1. The van der Waals surface area contributed by atoms with Crippen molar-refractivity contribution in [1.29, 1.82) is 0 Å². The zero-order chi connectivity index (χ0) is 24.2. The lowest BCUT2D eigenvalue weighted by Gasteiger charge is -2.19. The van der Waals surface area contributed by atoms with E-state index < -0.39 is 35.5 Å². The molecule has 0 radical (unpaired) electrons. The van der Waals surface area contributed by atoms with E-state index >= 15 is 0 Å². The molecule has 34 heavy (non-hydrogen) atoms. The molecule has 4 rings (SSSR count). The molecule has 1 unspecified atom stereocenters. The van der Waals surface area contributed by atoms with E-state index in [9.17, 15) is 23.9 Å². The molecule has 2 amide bonds. The fraction of sp³-hybridized carbons (Fsp3) is 0.192. The van der Waals surface area contributed by atoms with Crippen LogP contribution in [-0.2, 0) is 9.53 Å². The molecule has 0 heterocycles. The smallest absolute Gasteiger partial charge is 0.407 e. The number of aromatic carboxylic acids is 1. The van der Waals surface area contributed by atoms with Crippen molar-refractivity contribution in [3.63, 3.8) is 0 Å². The van der Waals surface area contributed by atoms with Crippen molar-refractivity contribution in [2.45, 2.75) is 25.3 Å². The Morgan fingerprint density at radius 1 is 0.971 bits per heavy atom. The van der Waals surface area contributed by atoms with Crippen LogP contribution >= 0.6 is 0 Å². The lowest BCUT2D eigenvalue weighted by Crippen LogP contribution is -2.44. The highest BCUT2D eigenvalue weighted by molar-refractivity contribution is 6.03. The Kier molecular flexibility index (Phi) is 6.58. The fourth-order valence-electron chi connectivity index (χ4n) is 4.18. The van der Waals surface area contributed by atoms with Crippen LogP contribution in [0.1, 0.15) is 40.7 Å². The van der Waals surface area contributed by atoms with Crippen LogP contribution in [0.15, 0.2) is 66.7 Å². The van der Waals surface area contributed by atoms with E-state index in [1.165, 1.54) is 12.1 Å². The van der Waals surface area contributed by atoms with Gasteiger partial charge in [-0.3, -0.25) is 4.79 Å². The van der Waals surface area contributed by atoms with Gasteiger partial charge < -0.3 is 20.5 Å². The second-order valence-electron chi connectivity index (χ2n) is 7.89. The maximum absolute atomic E-state index is 14.1. The molecule has 1 aliphatic carbocycles. The van der Waals surface area contributed by atoms with Gasteiger partial charge in [0.1, 0.15) is 18.5 Å². The predicted octanol–water partition coefficient (Wildman–Crippen LogP) is 4.78. The quantitative estimate of drug-likeness (QED) is 0.469. The first-order chi connectivity index (χ1) is 16.4. The summed E-state index contributed by atoms with van der Waals surface area (Å²) in [6.07, 6.45) is -0.608. The Bertz CT molecular complexity index is 1210. The third-order valence-electron chi connectivity index (χ3n) is 5.85. The van der Waals surface area contributed by atoms with Crippen LogP contribution < -0.4 is 10.6 Å². The van der Waals surface area contributed by atoms with Gasteiger partial charge in [0.05, 0.1) is 11.3 Å². The summed E-state index contributed by atoms with van der Waals surface area (Å²) in [7, 11) is 0. The average molecular weight is 462 g/mol. The highest BCUT2D eigenvalue weighted by Gasteiger charge is 2.30. The predicted molar refractivity (Wildman–Crippen MR) is 124 cm³/mol. The minimum Gasteiger partial charge on any atom is -0.478 e. The third kappa shape index (κ3) is 4.47. The number of alkyl carbamates (subject to hydrolysis) is 1. The number of nitrogens with one attached hydrogen (secondary N) is 2. The molecule has 7 nitrogen and oxygen atoms in total. The molecule has 0 bridgehead atoms. The summed E-state index contributed by atoms with van der Waals surface area (Å²) in [5, 5.41) is 14.0. The number of carbonyl (C=O) groups is 3. The maximum atomic E-state index is 14.1. The van der Waals surface area contributed by atoms with Gasteiger partial charge in [-0.25, -0.2) is 14.0 Å². The van der Waals surface area contributed by atoms with Crippen molar-refractivity contribution in [2.24, 2.45) is 0 Å². The lowest BCUT2D eigenvalue weighted by molar-refractivity contribution is -0.118. The summed E-state index contributed by atoms with van der Waals surface area (Å²) in [6.45, 7) is 1.74. The van der Waals surface area contributed by atoms with Gasteiger partial charge in [0.2, 0.25) is 5.91 Å². The molecule has 174 valence electrons. The molecule has 0 aromatic heterocycles. The molecular weight excluding hydrogens is 439 g/mol. The number of anilines is 1. The third-order valence-corrected chi connectivity index (χ3v) is 5.85. The molecule has 0 saturated heterocycles. The summed E-state index contributed by atoms with van der Waals surface area (Å²) >= 11 is 0. The Morgan fingerprint density at radius 3 is 2.18 bits per heavy atom. The van der Waals surface area contributed by atoms with Crippen LogP contribution in [0.5, 0.6) is 0 Å². The van der Waals surface area contributed by atoms with Crippen LogP contribution in [0, 0.1) is 5.82 Å². The van der Waals surface area contributed by atoms with Gasteiger partial charge in [0.15, 0.2) is 0 Å². The monoisotopic (exact) mass is 462 g/mol. The minimum atomic E-state index is -1.38. The standard InChI is InChI=1S/C26H23FN2O5/c1-2-22(24(30)29-23-19(25(31)32)12-7-13-21(23)27)28-26(33)34-14-20-17-10-5-3-8-15(17)16-9-4-6-11-18(16)20/h3-13,20,22H,2,14H2,1H3,(H,28,33)(H,29,30)(H,31,32). The van der Waals surface area contributed by atoms with Crippen LogP contribution in [0.4, 0.5) is 14.9 Å². The van der Waals surface area contributed by atoms with Gasteiger partial charge in [0.25, 0.3) is 0 Å². The van der Waals surface area contributed by atoms with E-state index in [0.29, 0.717) is 0 Å². The minimum absolute atomic E-state index is 0.0778. The van der Waals surface area contributed by atoms with Crippen LogP contribution in [-0.4, -0.2) is 35.7 Å². The average Bonchev–Trinajstić information content (AvgIpc) is 3.16. The Hall–Kier alpha value is -4.20. The molecule has 3 aromatic carbocycles. The van der Waals surface area contributed by atoms with Gasteiger partial charge in [-0.2, -0.15) is 0 Å². The topological polar surface area (TPSA) is 105 Å². The van der Waals surface area contributed by atoms with Gasteiger partial charge >= 0.3 is 12.1 Å². The van der Waals surface area contributed by atoms with E-state index in [2.05, 4.69) is 10.6 Å². The molecule has 0 fully saturated rings. The second-order valence-corrected chi connectivity index (χ2v) is 7.89. The normalized spacial score (nSPS) is 12.9. The highest BCUT2D eigenvalue weighted by Crippen LogP contribution is 2.44. The van der Waals surface area contributed by atoms with Gasteiger partial charge in [0, 0.05) is 5.92 Å². The molecule has 3 N–H and O–H groups in total. The number of ether oxygens (including phenoxy) is 1. The molecule has 0 spiro atoms. The number of benzene rings is 3. The number of rotatable bonds is 7. The van der Waals surface area contributed by atoms with E-state index in [1.807, 2.05) is 48.5 Å². The number of carbonyl (C=O) groups excluding carboxylic acids is 2. The van der Waals surface area contributed by atoms with Crippen molar-refractivity contribution in [1.82, 2.24) is 5.32 Å². The highest BCUT2D eigenvalue weighted by atomic mass is 19.1. The van der Waals surface area contributed by atoms with Crippen molar-refractivity contribution in [2.75, 3.05) is 11.9 Å². The number of hydrogen-bond acceptors (Lipinski definition) is 4. The Balaban J connectivity index is 1.42. The number of para-hydroxylation sites is 1. The molecule has 0 saturated carbocycles. The molecule has 0 aliphatic heterocycles. The largest absolute Gasteiger partial charge is 0.478 e. The second kappa shape index (κ2) is 9.74. The van der Waals surface area contributed by atoms with Crippen LogP contribution in [0.25, 0.3) is 11.1 Å². The Morgan fingerprint density at radius 2 is 1.59 bits per heavy atom. The lowest BCUT2D eigenvalue weighted by atomic mass is 9.98.